The minimum atomic E-state index is 0.311. The second kappa shape index (κ2) is 4.11. The van der Waals surface area contributed by atoms with E-state index in [1.807, 2.05) is 6.07 Å². The van der Waals surface area contributed by atoms with Crippen molar-refractivity contribution in [1.82, 2.24) is 15.5 Å². The molecule has 1 saturated carbocycles. The highest BCUT2D eigenvalue weighted by Gasteiger charge is 2.41. The van der Waals surface area contributed by atoms with Crippen molar-refractivity contribution in [1.29, 1.82) is 0 Å². The van der Waals surface area contributed by atoms with Gasteiger partial charge in [0, 0.05) is 31.6 Å². The van der Waals surface area contributed by atoms with E-state index >= 15 is 0 Å². The van der Waals surface area contributed by atoms with Crippen molar-refractivity contribution < 1.29 is 5.11 Å². The van der Waals surface area contributed by atoms with Crippen LogP contribution >= 0.6 is 0 Å². The van der Waals surface area contributed by atoms with Crippen LogP contribution in [-0.2, 0) is 6.54 Å². The van der Waals surface area contributed by atoms with Crippen molar-refractivity contribution in [2.24, 2.45) is 5.41 Å². The van der Waals surface area contributed by atoms with Crippen LogP contribution in [0.25, 0.3) is 0 Å². The molecule has 1 heterocycles. The number of hydrogen-bond acceptors (Lipinski definition) is 3. The molecule has 1 aliphatic carbocycles. The fourth-order valence-electron chi connectivity index (χ4n) is 1.77. The van der Waals surface area contributed by atoms with Gasteiger partial charge in [0.1, 0.15) is 0 Å². The van der Waals surface area contributed by atoms with Gasteiger partial charge in [-0.3, -0.25) is 5.10 Å². The molecule has 4 heteroatoms. The van der Waals surface area contributed by atoms with Crippen molar-refractivity contribution in [3.8, 4) is 0 Å². The zero-order valence-electron chi connectivity index (χ0n) is 8.29. The summed E-state index contributed by atoms with van der Waals surface area (Å²) in [7, 11) is 0. The third-order valence-corrected chi connectivity index (χ3v) is 2.97. The first-order valence-electron chi connectivity index (χ1n) is 5.14. The van der Waals surface area contributed by atoms with Crippen molar-refractivity contribution >= 4 is 0 Å². The Bertz CT molecular complexity index is 267. The van der Waals surface area contributed by atoms with Crippen LogP contribution < -0.4 is 5.32 Å². The first kappa shape index (κ1) is 9.68. The fourth-order valence-corrected chi connectivity index (χ4v) is 1.77. The van der Waals surface area contributed by atoms with Crippen LogP contribution in [0, 0.1) is 5.41 Å². The second-order valence-corrected chi connectivity index (χ2v) is 4.16. The molecule has 0 aromatic carbocycles. The molecule has 0 radical (unpaired) electrons. The summed E-state index contributed by atoms with van der Waals surface area (Å²) in [5.41, 5.74) is 1.51. The molecule has 0 spiro atoms. The Balaban J connectivity index is 1.68. The zero-order chi connectivity index (χ0) is 9.86. The van der Waals surface area contributed by atoms with Crippen molar-refractivity contribution in [2.45, 2.75) is 25.8 Å². The lowest BCUT2D eigenvalue weighted by molar-refractivity contribution is 0.245. The SMILES string of the molecule is OCCC1(CNCc2ccn[nH]2)CC1. The summed E-state index contributed by atoms with van der Waals surface area (Å²) in [6.07, 6.45) is 5.20. The molecule has 1 aliphatic rings. The van der Waals surface area contributed by atoms with E-state index in [0.717, 1.165) is 25.2 Å². The molecule has 0 saturated heterocycles. The third kappa shape index (κ3) is 2.33. The van der Waals surface area contributed by atoms with Crippen molar-refractivity contribution in [3.63, 3.8) is 0 Å². The summed E-state index contributed by atoms with van der Waals surface area (Å²) in [6, 6.07) is 1.97. The molecule has 0 aliphatic heterocycles. The molecule has 1 fully saturated rings. The molecule has 0 bridgehead atoms. The number of aliphatic hydroxyl groups excluding tert-OH is 1. The zero-order valence-corrected chi connectivity index (χ0v) is 8.29. The van der Waals surface area contributed by atoms with Crippen LogP contribution in [0.4, 0.5) is 0 Å². The molecule has 4 nitrogen and oxygen atoms in total. The summed E-state index contributed by atoms with van der Waals surface area (Å²) >= 11 is 0. The quantitative estimate of drug-likeness (QED) is 0.625. The van der Waals surface area contributed by atoms with Gasteiger partial charge in [-0.25, -0.2) is 0 Å². The van der Waals surface area contributed by atoms with Crippen LogP contribution in [0.5, 0.6) is 0 Å². The van der Waals surface area contributed by atoms with E-state index in [1.165, 1.54) is 12.8 Å². The number of nitrogens with one attached hydrogen (secondary N) is 2. The molecule has 0 unspecified atom stereocenters. The van der Waals surface area contributed by atoms with Crippen LogP contribution in [-0.4, -0.2) is 28.5 Å². The normalized spacial score (nSPS) is 18.4. The maximum atomic E-state index is 8.88. The van der Waals surface area contributed by atoms with Gasteiger partial charge >= 0.3 is 0 Å². The minimum Gasteiger partial charge on any atom is -0.396 e. The molecule has 14 heavy (non-hydrogen) atoms. The molecule has 0 atom stereocenters. The molecule has 0 amide bonds. The lowest BCUT2D eigenvalue weighted by Gasteiger charge is -2.13. The van der Waals surface area contributed by atoms with Gasteiger partial charge in [-0.1, -0.05) is 0 Å². The lowest BCUT2D eigenvalue weighted by atomic mass is 10.0. The third-order valence-electron chi connectivity index (χ3n) is 2.97. The Morgan fingerprint density at radius 2 is 2.43 bits per heavy atom. The van der Waals surface area contributed by atoms with Gasteiger partial charge in [0.15, 0.2) is 0 Å². The highest BCUT2D eigenvalue weighted by Crippen LogP contribution is 2.47. The first-order valence-corrected chi connectivity index (χ1v) is 5.14. The van der Waals surface area contributed by atoms with Crippen molar-refractivity contribution in [2.75, 3.05) is 13.2 Å². The van der Waals surface area contributed by atoms with Gasteiger partial charge in [-0.2, -0.15) is 5.10 Å². The predicted molar refractivity (Wildman–Crippen MR) is 53.7 cm³/mol. The van der Waals surface area contributed by atoms with Gasteiger partial charge in [-0.15, -0.1) is 0 Å². The molecular formula is C10H17N3O. The van der Waals surface area contributed by atoms with E-state index in [9.17, 15) is 0 Å². The van der Waals surface area contributed by atoms with E-state index in [4.69, 9.17) is 5.11 Å². The lowest BCUT2D eigenvalue weighted by Crippen LogP contribution is -2.24. The summed E-state index contributed by atoms with van der Waals surface area (Å²) in [4.78, 5) is 0. The first-order chi connectivity index (χ1) is 6.85. The molecular weight excluding hydrogens is 178 g/mol. The van der Waals surface area contributed by atoms with E-state index in [-0.39, 0.29) is 0 Å². The van der Waals surface area contributed by atoms with E-state index in [2.05, 4.69) is 15.5 Å². The van der Waals surface area contributed by atoms with Crippen molar-refractivity contribution in [3.05, 3.63) is 18.0 Å². The van der Waals surface area contributed by atoms with Gasteiger partial charge in [0.05, 0.1) is 0 Å². The molecule has 3 N–H and O–H groups in total. The standard InChI is InChI=1S/C10H17N3O/c14-6-4-10(2-3-10)8-11-7-9-1-5-12-13-9/h1,5,11,14H,2-4,6-8H2,(H,12,13). The maximum absolute atomic E-state index is 8.88. The topological polar surface area (TPSA) is 60.9 Å². The number of H-pyrrole nitrogens is 1. The fraction of sp³-hybridized carbons (Fsp3) is 0.700. The summed E-state index contributed by atoms with van der Waals surface area (Å²) in [6.45, 7) is 2.16. The van der Waals surface area contributed by atoms with Crippen LogP contribution in [0.3, 0.4) is 0 Å². The molecule has 1 aromatic heterocycles. The van der Waals surface area contributed by atoms with Gasteiger partial charge in [0.25, 0.3) is 0 Å². The van der Waals surface area contributed by atoms with E-state index in [0.29, 0.717) is 12.0 Å². The molecule has 78 valence electrons. The van der Waals surface area contributed by atoms with Gasteiger partial charge in [0.2, 0.25) is 0 Å². The maximum Gasteiger partial charge on any atom is 0.0490 e. The van der Waals surface area contributed by atoms with Crippen LogP contribution in [0.2, 0.25) is 0 Å². The number of hydrogen-bond donors (Lipinski definition) is 3. The summed E-state index contributed by atoms with van der Waals surface area (Å²) in [5, 5.41) is 19.1. The number of aromatic nitrogens is 2. The minimum absolute atomic E-state index is 0.311. The number of aromatic amines is 1. The predicted octanol–water partition coefficient (Wildman–Crippen LogP) is 0.662. The second-order valence-electron chi connectivity index (χ2n) is 4.16. The Hall–Kier alpha value is -0.870. The highest BCUT2D eigenvalue weighted by atomic mass is 16.3. The molecule has 1 aromatic rings. The average Bonchev–Trinajstić information content (AvgIpc) is 2.75. The average molecular weight is 195 g/mol. The number of rotatable bonds is 6. The smallest absolute Gasteiger partial charge is 0.0490 e. The van der Waals surface area contributed by atoms with E-state index in [1.54, 1.807) is 6.20 Å². The van der Waals surface area contributed by atoms with Gasteiger partial charge < -0.3 is 10.4 Å². The van der Waals surface area contributed by atoms with Gasteiger partial charge in [-0.05, 0) is 30.7 Å². The monoisotopic (exact) mass is 195 g/mol. The molecule has 2 rings (SSSR count). The van der Waals surface area contributed by atoms with Crippen LogP contribution in [0.1, 0.15) is 25.0 Å². The van der Waals surface area contributed by atoms with E-state index < -0.39 is 0 Å². The van der Waals surface area contributed by atoms with Crippen LogP contribution in [0.15, 0.2) is 12.3 Å². The highest BCUT2D eigenvalue weighted by molar-refractivity contribution is 4.99. The number of aliphatic hydroxyl groups is 1. The largest absolute Gasteiger partial charge is 0.396 e. The Kier molecular flexibility index (Phi) is 2.84. The Labute approximate surface area is 83.7 Å². The summed E-state index contributed by atoms with van der Waals surface area (Å²) in [5.74, 6) is 0. The Morgan fingerprint density at radius 3 is 3.00 bits per heavy atom. The Morgan fingerprint density at radius 1 is 1.57 bits per heavy atom. The number of nitrogens with zero attached hydrogens (tertiary/aromatic N) is 1. The summed E-state index contributed by atoms with van der Waals surface area (Å²) < 4.78 is 0.